The number of halogens is 1. The van der Waals surface area contributed by atoms with E-state index in [1.165, 1.54) is 10.4 Å². The van der Waals surface area contributed by atoms with E-state index in [-0.39, 0.29) is 21.5 Å². The molecule has 0 unspecified atom stereocenters. The summed E-state index contributed by atoms with van der Waals surface area (Å²) in [6.07, 6.45) is 0. The molecule has 0 amide bonds. The molecule has 0 atom stereocenters. The predicted octanol–water partition coefficient (Wildman–Crippen LogP) is 4.04. The van der Waals surface area contributed by atoms with Gasteiger partial charge in [0.1, 0.15) is 21.5 Å². The molecule has 6 nitrogen and oxygen atoms in total. The first-order valence-electron chi connectivity index (χ1n) is 8.83. The number of sulfonamides is 1. The van der Waals surface area contributed by atoms with Gasteiger partial charge in [0, 0.05) is 35.5 Å². The molecule has 0 aliphatic carbocycles. The normalized spacial score (nSPS) is 15.5. The number of esters is 1. The molecule has 1 fully saturated rings. The van der Waals surface area contributed by atoms with Crippen molar-refractivity contribution < 1.29 is 17.9 Å². The zero-order chi connectivity index (χ0) is 20.4. The molecule has 29 heavy (non-hydrogen) atoms. The minimum absolute atomic E-state index is 0.00198. The van der Waals surface area contributed by atoms with E-state index in [2.05, 4.69) is 4.98 Å². The molecule has 0 N–H and O–H groups in total. The quantitative estimate of drug-likeness (QED) is 0.415. The van der Waals surface area contributed by atoms with E-state index in [9.17, 15) is 13.2 Å². The lowest BCUT2D eigenvalue weighted by Gasteiger charge is -2.25. The van der Waals surface area contributed by atoms with Crippen molar-refractivity contribution in [2.24, 2.45) is 0 Å². The van der Waals surface area contributed by atoms with Crippen molar-refractivity contribution >= 4 is 61.6 Å². The number of para-hydroxylation sites is 1. The number of hydrogen-bond donors (Lipinski definition) is 0. The fourth-order valence-corrected chi connectivity index (χ4v) is 7.08. The molecule has 4 rings (SSSR count). The molecule has 152 valence electrons. The Morgan fingerprint density at radius 3 is 2.76 bits per heavy atom. The van der Waals surface area contributed by atoms with Crippen LogP contribution in [0.1, 0.15) is 15.2 Å². The average molecular weight is 469 g/mol. The molecule has 3 aromatic rings. The summed E-state index contributed by atoms with van der Waals surface area (Å²) in [4.78, 5) is 17.0. The summed E-state index contributed by atoms with van der Waals surface area (Å²) in [5, 5.41) is 2.72. The predicted molar refractivity (Wildman–Crippen MR) is 116 cm³/mol. The third-order valence-electron chi connectivity index (χ3n) is 4.51. The third kappa shape index (κ3) is 4.29. The summed E-state index contributed by atoms with van der Waals surface area (Å²) in [5.41, 5.74) is 1.31. The van der Waals surface area contributed by atoms with E-state index in [0.717, 1.165) is 33.7 Å². The van der Waals surface area contributed by atoms with Crippen molar-refractivity contribution in [1.29, 1.82) is 0 Å². The van der Waals surface area contributed by atoms with Crippen LogP contribution >= 0.6 is 34.7 Å². The number of benzene rings is 1. The van der Waals surface area contributed by atoms with Crippen molar-refractivity contribution in [2.75, 3.05) is 24.6 Å². The van der Waals surface area contributed by atoms with Crippen LogP contribution < -0.4 is 0 Å². The molecule has 0 saturated carbocycles. The topological polar surface area (TPSA) is 76.6 Å². The summed E-state index contributed by atoms with van der Waals surface area (Å²) in [5.74, 6) is 0.807. The van der Waals surface area contributed by atoms with Gasteiger partial charge in [-0.25, -0.2) is 18.2 Å². The number of carbonyl (C=O) groups is 1. The number of aromatic nitrogens is 1. The van der Waals surface area contributed by atoms with Crippen LogP contribution in [0.4, 0.5) is 0 Å². The van der Waals surface area contributed by atoms with E-state index < -0.39 is 16.0 Å². The van der Waals surface area contributed by atoms with Crippen LogP contribution in [0.3, 0.4) is 0 Å². The number of nitrogens with zero attached hydrogens (tertiary/aromatic N) is 2. The maximum atomic E-state index is 12.9. The standard InChI is InChI=1S/C19H17ClN2O4S3/c20-18-14(11-13-3-1-2-4-15(13)21-18)12-26-19(23)17-16(5-8-28-17)29(24,25)22-6-9-27-10-7-22/h1-5,8,11H,6-7,9-10,12H2. The van der Waals surface area contributed by atoms with Crippen LogP contribution in [0.25, 0.3) is 10.9 Å². The van der Waals surface area contributed by atoms with Gasteiger partial charge < -0.3 is 4.74 Å². The van der Waals surface area contributed by atoms with Gasteiger partial charge in [0.25, 0.3) is 0 Å². The zero-order valence-electron chi connectivity index (χ0n) is 15.2. The van der Waals surface area contributed by atoms with Gasteiger partial charge in [-0.15, -0.1) is 11.3 Å². The second kappa shape index (κ2) is 8.61. The molecular weight excluding hydrogens is 452 g/mol. The Morgan fingerprint density at radius 2 is 1.97 bits per heavy atom. The molecule has 1 aliphatic rings. The molecule has 1 saturated heterocycles. The first kappa shape index (κ1) is 20.6. The number of hydrogen-bond acceptors (Lipinski definition) is 7. The smallest absolute Gasteiger partial charge is 0.350 e. The summed E-state index contributed by atoms with van der Waals surface area (Å²) < 4.78 is 32.7. The van der Waals surface area contributed by atoms with Gasteiger partial charge in [0.2, 0.25) is 10.0 Å². The van der Waals surface area contributed by atoms with E-state index >= 15 is 0 Å². The van der Waals surface area contributed by atoms with Crippen LogP contribution in [0.15, 0.2) is 46.7 Å². The third-order valence-corrected chi connectivity index (χ3v) is 8.75. The minimum atomic E-state index is -3.72. The highest BCUT2D eigenvalue weighted by molar-refractivity contribution is 7.99. The van der Waals surface area contributed by atoms with Crippen molar-refractivity contribution in [1.82, 2.24) is 9.29 Å². The lowest BCUT2D eigenvalue weighted by Crippen LogP contribution is -2.38. The van der Waals surface area contributed by atoms with Gasteiger partial charge in [-0.1, -0.05) is 29.8 Å². The van der Waals surface area contributed by atoms with Crippen molar-refractivity contribution in [3.63, 3.8) is 0 Å². The lowest BCUT2D eigenvalue weighted by molar-refractivity contribution is 0.0474. The second-order valence-corrected chi connectivity index (χ2v) is 10.7. The first-order chi connectivity index (χ1) is 14.0. The van der Waals surface area contributed by atoms with Crippen molar-refractivity contribution in [3.8, 4) is 0 Å². The molecule has 1 aromatic carbocycles. The number of fused-ring (bicyclic) bond motifs is 1. The Kier molecular flexibility index (Phi) is 6.12. The zero-order valence-corrected chi connectivity index (χ0v) is 18.4. The number of rotatable bonds is 5. The van der Waals surface area contributed by atoms with Crippen LogP contribution in [-0.4, -0.2) is 48.3 Å². The van der Waals surface area contributed by atoms with Crippen LogP contribution in [-0.2, 0) is 21.4 Å². The van der Waals surface area contributed by atoms with Gasteiger partial charge in [-0.3, -0.25) is 0 Å². The maximum absolute atomic E-state index is 12.9. The van der Waals surface area contributed by atoms with Crippen molar-refractivity contribution in [3.05, 3.63) is 57.4 Å². The average Bonchev–Trinajstić information content (AvgIpc) is 3.23. The lowest BCUT2D eigenvalue weighted by atomic mass is 10.2. The summed E-state index contributed by atoms with van der Waals surface area (Å²) in [6, 6.07) is 10.8. The Morgan fingerprint density at radius 1 is 1.21 bits per heavy atom. The van der Waals surface area contributed by atoms with Gasteiger partial charge in [0.05, 0.1) is 5.52 Å². The SMILES string of the molecule is O=C(OCc1cc2ccccc2nc1Cl)c1sccc1S(=O)(=O)N1CCSCC1. The summed E-state index contributed by atoms with van der Waals surface area (Å²) in [7, 11) is -3.72. The molecule has 1 aliphatic heterocycles. The second-order valence-electron chi connectivity index (χ2n) is 6.34. The van der Waals surface area contributed by atoms with Gasteiger partial charge in [-0.2, -0.15) is 16.1 Å². The van der Waals surface area contributed by atoms with E-state index in [0.29, 0.717) is 18.7 Å². The minimum Gasteiger partial charge on any atom is -0.456 e. The van der Waals surface area contributed by atoms with Crippen LogP contribution in [0.2, 0.25) is 5.15 Å². The fraction of sp³-hybridized carbons (Fsp3) is 0.263. The molecule has 0 spiro atoms. The summed E-state index contributed by atoms with van der Waals surface area (Å²) in [6.45, 7) is 0.790. The van der Waals surface area contributed by atoms with E-state index in [1.807, 2.05) is 30.3 Å². The number of ether oxygens (including phenoxy) is 1. The van der Waals surface area contributed by atoms with Crippen molar-refractivity contribution in [2.45, 2.75) is 11.5 Å². The molecular formula is C19H17ClN2O4S3. The number of carbonyl (C=O) groups excluding carboxylic acids is 1. The first-order valence-corrected chi connectivity index (χ1v) is 12.7. The number of thiophene rings is 1. The molecule has 3 heterocycles. The Labute approximate surface area is 181 Å². The Hall–Kier alpha value is -1.65. The van der Waals surface area contributed by atoms with Gasteiger partial charge in [0.15, 0.2) is 0 Å². The molecule has 0 bridgehead atoms. The molecule has 10 heteroatoms. The Bertz CT molecular complexity index is 1160. The maximum Gasteiger partial charge on any atom is 0.350 e. The largest absolute Gasteiger partial charge is 0.456 e. The fourth-order valence-electron chi connectivity index (χ4n) is 3.02. The van der Waals surface area contributed by atoms with Crippen LogP contribution in [0, 0.1) is 0 Å². The van der Waals surface area contributed by atoms with Gasteiger partial charge in [-0.05, 0) is 23.6 Å². The van der Waals surface area contributed by atoms with E-state index in [1.54, 1.807) is 17.1 Å². The Balaban J connectivity index is 1.53. The van der Waals surface area contributed by atoms with Gasteiger partial charge >= 0.3 is 5.97 Å². The summed E-state index contributed by atoms with van der Waals surface area (Å²) >= 11 is 8.99. The van der Waals surface area contributed by atoms with Crippen LogP contribution in [0.5, 0.6) is 0 Å². The number of pyridine rings is 1. The highest BCUT2D eigenvalue weighted by Crippen LogP contribution is 2.28. The highest BCUT2D eigenvalue weighted by Gasteiger charge is 2.31. The van der Waals surface area contributed by atoms with E-state index in [4.69, 9.17) is 16.3 Å². The number of thioether (sulfide) groups is 1. The molecule has 2 aromatic heterocycles. The highest BCUT2D eigenvalue weighted by atomic mass is 35.5. The monoisotopic (exact) mass is 468 g/mol. The molecule has 0 radical (unpaired) electrons.